The Morgan fingerprint density at radius 1 is 1.05 bits per heavy atom. The molecule has 4 N–H and O–H groups in total. The lowest BCUT2D eigenvalue weighted by Crippen LogP contribution is -2.20. The van der Waals surface area contributed by atoms with Crippen LogP contribution in [0.2, 0.25) is 0 Å². The first-order valence-electron chi connectivity index (χ1n) is 12.1. The van der Waals surface area contributed by atoms with E-state index < -0.39 is 17.8 Å². The van der Waals surface area contributed by atoms with Gasteiger partial charge in [0.05, 0.1) is 11.3 Å². The van der Waals surface area contributed by atoms with E-state index in [0.29, 0.717) is 22.7 Å². The Balaban J connectivity index is 1.53. The van der Waals surface area contributed by atoms with Crippen LogP contribution in [0.1, 0.15) is 37.6 Å². The molecule has 1 atom stereocenters. The highest BCUT2D eigenvalue weighted by Crippen LogP contribution is 2.38. The number of hydrogen-bond acceptors (Lipinski definition) is 4. The van der Waals surface area contributed by atoms with Gasteiger partial charge in [-0.2, -0.15) is 13.2 Å². The molecule has 2 heterocycles. The number of urea groups is 1. The summed E-state index contributed by atoms with van der Waals surface area (Å²) in [6, 6.07) is 14.9. The highest BCUT2D eigenvalue weighted by Gasteiger charge is 2.30. The quantitative estimate of drug-likeness (QED) is 0.227. The van der Waals surface area contributed by atoms with Gasteiger partial charge in [-0.05, 0) is 36.1 Å². The van der Waals surface area contributed by atoms with Crippen LogP contribution in [0.25, 0.3) is 27.5 Å². The van der Waals surface area contributed by atoms with Gasteiger partial charge >= 0.3 is 12.2 Å². The van der Waals surface area contributed by atoms with E-state index in [0.717, 1.165) is 40.7 Å². The van der Waals surface area contributed by atoms with Crippen molar-refractivity contribution in [3.05, 3.63) is 84.4 Å². The Morgan fingerprint density at radius 2 is 1.82 bits per heavy atom. The molecular weight excluding hydrogens is 493 g/mol. The van der Waals surface area contributed by atoms with Gasteiger partial charge in [-0.25, -0.2) is 14.8 Å². The Kier molecular flexibility index (Phi) is 6.40. The fourth-order valence-corrected chi connectivity index (χ4v) is 4.48. The van der Waals surface area contributed by atoms with E-state index in [2.05, 4.69) is 29.5 Å². The zero-order valence-electron chi connectivity index (χ0n) is 20.7. The molecule has 5 aromatic rings. The van der Waals surface area contributed by atoms with Crippen molar-refractivity contribution in [2.75, 3.05) is 16.4 Å². The molecule has 0 aliphatic rings. The van der Waals surface area contributed by atoms with Crippen molar-refractivity contribution >= 4 is 39.5 Å². The first kappa shape index (κ1) is 25.1. The second-order valence-electron chi connectivity index (χ2n) is 9.02. The molecule has 0 aliphatic carbocycles. The molecule has 10 heteroatoms. The van der Waals surface area contributed by atoms with E-state index in [1.165, 1.54) is 12.1 Å². The number of hydrogen-bond donors (Lipinski definition) is 3. The zero-order valence-corrected chi connectivity index (χ0v) is 20.7. The summed E-state index contributed by atoms with van der Waals surface area (Å²) >= 11 is 0. The van der Waals surface area contributed by atoms with Crippen LogP contribution in [0.15, 0.2) is 73.1 Å². The minimum absolute atomic E-state index is 0.0308. The van der Waals surface area contributed by atoms with Crippen LogP contribution in [-0.2, 0) is 6.18 Å². The Hall–Kier alpha value is -4.60. The van der Waals surface area contributed by atoms with Gasteiger partial charge in [0.1, 0.15) is 22.9 Å². The second kappa shape index (κ2) is 9.70. The first-order valence-corrected chi connectivity index (χ1v) is 12.1. The van der Waals surface area contributed by atoms with Crippen molar-refractivity contribution in [3.63, 3.8) is 0 Å². The molecule has 0 aliphatic heterocycles. The number of imidazole rings is 1. The van der Waals surface area contributed by atoms with Gasteiger partial charge in [-0.15, -0.1) is 0 Å². The number of nitrogens with one attached hydrogen (secondary N) is 2. The molecule has 0 fully saturated rings. The van der Waals surface area contributed by atoms with Crippen molar-refractivity contribution in [3.8, 4) is 11.3 Å². The van der Waals surface area contributed by atoms with Gasteiger partial charge in [0, 0.05) is 34.9 Å². The van der Waals surface area contributed by atoms with Crippen LogP contribution in [0.3, 0.4) is 0 Å². The number of aromatic nitrogens is 3. The number of amides is 2. The van der Waals surface area contributed by atoms with Gasteiger partial charge in [0.25, 0.3) is 0 Å². The molecule has 2 amide bonds. The van der Waals surface area contributed by atoms with Crippen LogP contribution < -0.4 is 16.4 Å². The average Bonchev–Trinajstić information content (AvgIpc) is 3.29. The monoisotopic (exact) mass is 518 g/mol. The largest absolute Gasteiger partial charge is 0.416 e. The van der Waals surface area contributed by atoms with E-state index in [4.69, 9.17) is 10.7 Å². The molecule has 2 aromatic heterocycles. The number of alkyl halides is 3. The van der Waals surface area contributed by atoms with Gasteiger partial charge in [-0.1, -0.05) is 50.2 Å². The molecule has 38 heavy (non-hydrogen) atoms. The number of halogens is 3. The minimum Gasteiger partial charge on any atom is -0.382 e. The summed E-state index contributed by atoms with van der Waals surface area (Å²) < 4.78 is 41.1. The van der Waals surface area contributed by atoms with Crippen LogP contribution in [-0.4, -0.2) is 20.4 Å². The summed E-state index contributed by atoms with van der Waals surface area (Å²) in [5.74, 6) is 1.42. The average molecular weight is 519 g/mol. The maximum atomic E-state index is 13.0. The molecular formula is C28H25F3N6O. The molecule has 194 valence electrons. The number of benzene rings is 3. The summed E-state index contributed by atoms with van der Waals surface area (Å²) in [6.45, 7) is 4.19. The molecule has 0 radical (unpaired) electrons. The van der Waals surface area contributed by atoms with Gasteiger partial charge < -0.3 is 16.4 Å². The van der Waals surface area contributed by atoms with Crippen molar-refractivity contribution in [1.29, 1.82) is 0 Å². The van der Waals surface area contributed by atoms with Crippen molar-refractivity contribution in [2.24, 2.45) is 0 Å². The standard InChI is InChI=1S/C28H25F3N6O/c1-3-16(2)26-36-23(24-25(32)33-13-14-37(24)26)21-11-12-22(20-10-5-4-9-19(20)21)35-27(38)34-18-8-6-7-17(15-18)28(29,30)31/h4-16H,3H2,1-2H3,(H2,32,33)(H2,34,35,38)/t16-/m0/s1. The number of carbonyl (C=O) groups excluding carboxylic acids is 1. The minimum atomic E-state index is -4.51. The predicted molar refractivity (Wildman–Crippen MR) is 143 cm³/mol. The number of nitrogen functional groups attached to an aromatic ring is 1. The van der Waals surface area contributed by atoms with Gasteiger partial charge in [0.15, 0.2) is 0 Å². The summed E-state index contributed by atoms with van der Waals surface area (Å²) in [7, 11) is 0. The number of rotatable bonds is 5. The molecule has 0 saturated carbocycles. The summed E-state index contributed by atoms with van der Waals surface area (Å²) in [5.41, 5.74) is 8.17. The zero-order chi connectivity index (χ0) is 27.0. The van der Waals surface area contributed by atoms with Crippen LogP contribution in [0, 0.1) is 0 Å². The third-order valence-electron chi connectivity index (χ3n) is 6.54. The molecule has 0 saturated heterocycles. The van der Waals surface area contributed by atoms with Crippen molar-refractivity contribution in [2.45, 2.75) is 32.4 Å². The molecule has 7 nitrogen and oxygen atoms in total. The maximum absolute atomic E-state index is 13.0. The van der Waals surface area contributed by atoms with E-state index in [9.17, 15) is 18.0 Å². The molecule has 0 unspecified atom stereocenters. The van der Waals surface area contributed by atoms with Gasteiger partial charge in [-0.3, -0.25) is 4.40 Å². The third-order valence-corrected chi connectivity index (χ3v) is 6.54. The van der Waals surface area contributed by atoms with Crippen molar-refractivity contribution in [1.82, 2.24) is 14.4 Å². The summed E-state index contributed by atoms with van der Waals surface area (Å²) in [6.07, 6.45) is -0.121. The smallest absolute Gasteiger partial charge is 0.382 e. The fourth-order valence-electron chi connectivity index (χ4n) is 4.48. The van der Waals surface area contributed by atoms with E-state index >= 15 is 0 Å². The lowest BCUT2D eigenvalue weighted by Gasteiger charge is -2.14. The van der Waals surface area contributed by atoms with E-state index in [1.54, 1.807) is 12.3 Å². The molecule has 0 bridgehead atoms. The summed E-state index contributed by atoms with van der Waals surface area (Å²) in [4.78, 5) is 22.0. The van der Waals surface area contributed by atoms with Crippen LogP contribution in [0.4, 0.5) is 35.2 Å². The number of anilines is 3. The first-order chi connectivity index (χ1) is 18.2. The lowest BCUT2D eigenvalue weighted by molar-refractivity contribution is -0.137. The predicted octanol–water partition coefficient (Wildman–Crippen LogP) is 7.31. The number of carbonyl (C=O) groups is 1. The third kappa shape index (κ3) is 4.60. The maximum Gasteiger partial charge on any atom is 0.416 e. The second-order valence-corrected chi connectivity index (χ2v) is 9.02. The van der Waals surface area contributed by atoms with E-state index in [1.807, 2.05) is 40.9 Å². The molecule has 0 spiro atoms. The normalized spacial score (nSPS) is 12.6. The fraction of sp³-hybridized carbons (Fsp3) is 0.179. The highest BCUT2D eigenvalue weighted by molar-refractivity contribution is 6.10. The number of nitrogens with two attached hydrogens (primary N) is 1. The Morgan fingerprint density at radius 3 is 2.55 bits per heavy atom. The topological polar surface area (TPSA) is 97.3 Å². The van der Waals surface area contributed by atoms with E-state index in [-0.39, 0.29) is 11.6 Å². The number of nitrogens with zero attached hydrogens (tertiary/aromatic N) is 3. The Labute approximate surface area is 216 Å². The Bertz CT molecular complexity index is 1660. The highest BCUT2D eigenvalue weighted by atomic mass is 19.4. The molecule has 3 aromatic carbocycles. The molecule has 5 rings (SSSR count). The van der Waals surface area contributed by atoms with Crippen LogP contribution in [0.5, 0.6) is 0 Å². The SMILES string of the molecule is CC[C@H](C)c1nc(-c2ccc(NC(=O)Nc3cccc(C(F)(F)F)c3)c3ccccc23)c2c(N)nccn12. The van der Waals surface area contributed by atoms with Gasteiger partial charge in [0.2, 0.25) is 0 Å². The van der Waals surface area contributed by atoms with Crippen molar-refractivity contribution < 1.29 is 18.0 Å². The summed E-state index contributed by atoms with van der Waals surface area (Å²) in [5, 5.41) is 6.79. The lowest BCUT2D eigenvalue weighted by atomic mass is 10.00. The van der Waals surface area contributed by atoms with Crippen LogP contribution >= 0.6 is 0 Å². The number of fused-ring (bicyclic) bond motifs is 2.